The van der Waals surface area contributed by atoms with E-state index in [4.69, 9.17) is 10.00 Å². The third kappa shape index (κ3) is 4.55. The third-order valence-corrected chi connectivity index (χ3v) is 3.62. The number of carbonyl (C=O) groups excluding carboxylic acids is 1. The topological polar surface area (TPSA) is 125 Å². The van der Waals surface area contributed by atoms with Gasteiger partial charge in [-0.15, -0.1) is 0 Å². The van der Waals surface area contributed by atoms with Gasteiger partial charge in [0.2, 0.25) is 0 Å². The largest absolute Gasteiger partial charge is 0.490 e. The van der Waals surface area contributed by atoms with Crippen molar-refractivity contribution in [1.82, 2.24) is 0 Å². The fraction of sp³-hybridized carbons (Fsp3) is 0.222. The van der Waals surface area contributed by atoms with Crippen LogP contribution in [0.25, 0.3) is 0 Å². The maximum absolute atomic E-state index is 12.3. The molecule has 1 unspecified atom stereocenters. The van der Waals surface area contributed by atoms with Crippen molar-refractivity contribution < 1.29 is 19.6 Å². The summed E-state index contributed by atoms with van der Waals surface area (Å²) in [6, 6.07) is 12.4. The van der Waals surface area contributed by atoms with E-state index in [1.807, 2.05) is 6.07 Å². The number of amides is 1. The molecule has 2 aromatic carbocycles. The number of hydrogen-bond acceptors (Lipinski definition) is 6. The van der Waals surface area contributed by atoms with Gasteiger partial charge in [0, 0.05) is 17.3 Å². The molecule has 26 heavy (non-hydrogen) atoms. The third-order valence-electron chi connectivity index (χ3n) is 3.62. The minimum Gasteiger partial charge on any atom is -0.490 e. The van der Waals surface area contributed by atoms with E-state index in [2.05, 4.69) is 5.32 Å². The molecular weight excluding hydrogens is 338 g/mol. The normalized spacial score (nSPS) is 12.5. The second kappa shape index (κ2) is 7.63. The van der Waals surface area contributed by atoms with Crippen molar-refractivity contribution in [3.05, 3.63) is 63.7 Å². The highest BCUT2D eigenvalue weighted by Gasteiger charge is 2.31. The maximum Gasteiger partial charge on any atom is 0.272 e. The number of hydrogen-bond donors (Lipinski definition) is 2. The SMILES string of the molecule is Cc1cc(NC(=O)C(C)(O)COc2cccc(C#N)c2)ccc1[N+](=O)[O-]. The second-order valence-corrected chi connectivity index (χ2v) is 5.91. The summed E-state index contributed by atoms with van der Waals surface area (Å²) in [4.78, 5) is 22.6. The number of benzene rings is 2. The van der Waals surface area contributed by atoms with Crippen LogP contribution < -0.4 is 10.1 Å². The highest BCUT2D eigenvalue weighted by atomic mass is 16.6. The van der Waals surface area contributed by atoms with E-state index in [9.17, 15) is 20.0 Å². The average molecular weight is 355 g/mol. The van der Waals surface area contributed by atoms with Crippen LogP contribution in [0.5, 0.6) is 5.75 Å². The van der Waals surface area contributed by atoms with E-state index >= 15 is 0 Å². The minimum atomic E-state index is -1.85. The van der Waals surface area contributed by atoms with Crippen molar-refractivity contribution in [2.75, 3.05) is 11.9 Å². The zero-order chi connectivity index (χ0) is 19.3. The first-order valence-electron chi connectivity index (χ1n) is 7.65. The monoisotopic (exact) mass is 355 g/mol. The summed E-state index contributed by atoms with van der Waals surface area (Å²) in [7, 11) is 0. The Morgan fingerprint density at radius 3 is 2.73 bits per heavy atom. The Hall–Kier alpha value is -3.44. The first-order valence-corrected chi connectivity index (χ1v) is 7.65. The Balaban J connectivity index is 2.04. The van der Waals surface area contributed by atoms with Crippen LogP contribution in [-0.2, 0) is 4.79 Å². The number of aryl methyl sites for hydroxylation is 1. The van der Waals surface area contributed by atoms with Gasteiger partial charge in [0.1, 0.15) is 12.4 Å². The number of carbonyl (C=O) groups is 1. The molecule has 0 aromatic heterocycles. The standard InChI is InChI=1S/C18H17N3O5/c1-12-8-14(6-7-16(12)21(24)25)20-17(22)18(2,23)11-26-15-5-3-4-13(9-15)10-19/h3-9,23H,11H2,1-2H3,(H,20,22). The van der Waals surface area contributed by atoms with Gasteiger partial charge in [-0.1, -0.05) is 6.07 Å². The molecule has 8 heteroatoms. The molecule has 0 saturated carbocycles. The summed E-state index contributed by atoms with van der Waals surface area (Å²) in [5.74, 6) is -0.370. The zero-order valence-corrected chi connectivity index (χ0v) is 14.2. The molecule has 0 saturated heterocycles. The average Bonchev–Trinajstić information content (AvgIpc) is 2.60. The van der Waals surface area contributed by atoms with Crippen LogP contribution in [0.15, 0.2) is 42.5 Å². The summed E-state index contributed by atoms with van der Waals surface area (Å²) in [6.07, 6.45) is 0. The van der Waals surface area contributed by atoms with Crippen LogP contribution in [-0.4, -0.2) is 28.1 Å². The zero-order valence-electron chi connectivity index (χ0n) is 14.2. The summed E-state index contributed by atoms with van der Waals surface area (Å²) >= 11 is 0. The lowest BCUT2D eigenvalue weighted by atomic mass is 10.1. The fourth-order valence-electron chi connectivity index (χ4n) is 2.15. The van der Waals surface area contributed by atoms with Gasteiger partial charge in [0.15, 0.2) is 5.60 Å². The molecule has 0 heterocycles. The first-order chi connectivity index (χ1) is 12.2. The Bertz CT molecular complexity index is 887. The lowest BCUT2D eigenvalue weighted by Crippen LogP contribution is -2.45. The number of anilines is 1. The molecule has 8 nitrogen and oxygen atoms in total. The number of rotatable bonds is 6. The van der Waals surface area contributed by atoms with Crippen LogP contribution >= 0.6 is 0 Å². The highest BCUT2D eigenvalue weighted by Crippen LogP contribution is 2.22. The van der Waals surface area contributed by atoms with Crippen LogP contribution in [0.1, 0.15) is 18.1 Å². The van der Waals surface area contributed by atoms with Crippen molar-refractivity contribution in [2.45, 2.75) is 19.4 Å². The van der Waals surface area contributed by atoms with Gasteiger partial charge in [-0.25, -0.2) is 0 Å². The molecule has 0 fully saturated rings. The molecule has 0 aliphatic rings. The van der Waals surface area contributed by atoms with Gasteiger partial charge in [-0.05, 0) is 44.2 Å². The summed E-state index contributed by atoms with van der Waals surface area (Å²) in [6.45, 7) is 2.51. The van der Waals surface area contributed by atoms with Gasteiger partial charge in [-0.2, -0.15) is 5.26 Å². The smallest absolute Gasteiger partial charge is 0.272 e. The Morgan fingerprint density at radius 2 is 2.12 bits per heavy atom. The predicted octanol–water partition coefficient (Wildman–Crippen LogP) is 2.54. The Morgan fingerprint density at radius 1 is 1.38 bits per heavy atom. The van der Waals surface area contributed by atoms with Gasteiger partial charge in [0.25, 0.3) is 11.6 Å². The van der Waals surface area contributed by atoms with Gasteiger partial charge >= 0.3 is 0 Å². The molecule has 134 valence electrons. The highest BCUT2D eigenvalue weighted by molar-refractivity contribution is 5.97. The van der Waals surface area contributed by atoms with E-state index in [0.29, 0.717) is 22.6 Å². The van der Waals surface area contributed by atoms with Crippen molar-refractivity contribution in [2.24, 2.45) is 0 Å². The van der Waals surface area contributed by atoms with Crippen molar-refractivity contribution in [3.8, 4) is 11.8 Å². The summed E-state index contributed by atoms with van der Waals surface area (Å²) < 4.78 is 5.40. The van der Waals surface area contributed by atoms with Gasteiger partial charge in [0.05, 0.1) is 16.6 Å². The van der Waals surface area contributed by atoms with Gasteiger partial charge in [-0.3, -0.25) is 14.9 Å². The van der Waals surface area contributed by atoms with Crippen LogP contribution in [0.2, 0.25) is 0 Å². The molecule has 0 radical (unpaired) electrons. The first kappa shape index (κ1) is 18.9. The molecule has 0 aliphatic carbocycles. The lowest BCUT2D eigenvalue weighted by molar-refractivity contribution is -0.385. The fourth-order valence-corrected chi connectivity index (χ4v) is 2.15. The molecular formula is C18H17N3O5. The molecule has 2 aromatic rings. The summed E-state index contributed by atoms with van der Waals surface area (Å²) in [5.41, 5.74) is -0.802. The number of nitro benzene ring substituents is 1. The summed E-state index contributed by atoms with van der Waals surface area (Å²) in [5, 5.41) is 32.5. The molecule has 0 bridgehead atoms. The number of nitriles is 1. The van der Waals surface area contributed by atoms with Crippen molar-refractivity contribution >= 4 is 17.3 Å². The van der Waals surface area contributed by atoms with Crippen LogP contribution in [0, 0.1) is 28.4 Å². The van der Waals surface area contributed by atoms with E-state index in [1.54, 1.807) is 25.1 Å². The molecule has 0 aliphatic heterocycles. The van der Waals surface area contributed by atoms with E-state index in [1.165, 1.54) is 31.2 Å². The molecule has 1 atom stereocenters. The number of ether oxygens (including phenoxy) is 1. The van der Waals surface area contributed by atoms with Crippen LogP contribution in [0.3, 0.4) is 0 Å². The minimum absolute atomic E-state index is 0.0598. The number of nitrogens with one attached hydrogen (secondary N) is 1. The lowest BCUT2D eigenvalue weighted by Gasteiger charge is -2.22. The van der Waals surface area contributed by atoms with Crippen molar-refractivity contribution in [3.63, 3.8) is 0 Å². The number of nitro groups is 1. The van der Waals surface area contributed by atoms with Gasteiger partial charge < -0.3 is 15.2 Å². The van der Waals surface area contributed by atoms with E-state index in [0.717, 1.165) is 0 Å². The van der Waals surface area contributed by atoms with E-state index in [-0.39, 0.29) is 12.3 Å². The number of aliphatic hydroxyl groups is 1. The van der Waals surface area contributed by atoms with Crippen molar-refractivity contribution in [1.29, 1.82) is 5.26 Å². The Kier molecular flexibility index (Phi) is 5.54. The number of nitrogens with zero attached hydrogens (tertiary/aromatic N) is 2. The maximum atomic E-state index is 12.3. The molecule has 1 amide bonds. The molecule has 2 N–H and O–H groups in total. The van der Waals surface area contributed by atoms with E-state index < -0.39 is 16.4 Å². The quantitative estimate of drug-likeness (QED) is 0.606. The predicted molar refractivity (Wildman–Crippen MR) is 93.7 cm³/mol. The molecule has 0 spiro atoms. The Labute approximate surface area is 149 Å². The van der Waals surface area contributed by atoms with Crippen LogP contribution in [0.4, 0.5) is 11.4 Å². The second-order valence-electron chi connectivity index (χ2n) is 5.91. The molecule has 2 rings (SSSR count).